The maximum atomic E-state index is 12.1. The van der Waals surface area contributed by atoms with Crippen molar-refractivity contribution in [1.29, 1.82) is 0 Å². The maximum absolute atomic E-state index is 12.1. The lowest BCUT2D eigenvalue weighted by Crippen LogP contribution is -2.46. The highest BCUT2D eigenvalue weighted by Crippen LogP contribution is 2.47. The van der Waals surface area contributed by atoms with Crippen molar-refractivity contribution in [2.45, 2.75) is 16.9 Å². The summed E-state index contributed by atoms with van der Waals surface area (Å²) in [7, 11) is 0. The van der Waals surface area contributed by atoms with E-state index in [1.807, 2.05) is 6.07 Å². The van der Waals surface area contributed by atoms with Gasteiger partial charge in [-0.1, -0.05) is 0 Å². The number of benzene rings is 1. The molecule has 4 rings (SSSR count). The smallest absolute Gasteiger partial charge is 0.322 e. The van der Waals surface area contributed by atoms with Gasteiger partial charge in [-0.2, -0.15) is 0 Å². The van der Waals surface area contributed by atoms with Crippen molar-refractivity contribution in [2.24, 2.45) is 0 Å². The molecular weight excluding hydrogens is 268 g/mol. The molecule has 7 heteroatoms. The molecule has 3 aliphatic rings. The van der Waals surface area contributed by atoms with Crippen LogP contribution in [0, 0.1) is 0 Å². The first kappa shape index (κ1) is 11.0. The molecule has 1 aromatic carbocycles. The standard InChI is InChI=1S/C12H10N2O4S/c15-10-12(14-11(16)13-10)1-2-19-9-4-8-7(3-6(9)12)17-5-18-8/h3-4H,1-2,5H2,(H2,13,14,15,16). The zero-order chi connectivity index (χ0) is 13.0. The fourth-order valence-corrected chi connectivity index (χ4v) is 3.89. The first-order valence-electron chi connectivity index (χ1n) is 5.89. The lowest BCUT2D eigenvalue weighted by atomic mass is 9.86. The number of carbonyl (C=O) groups is 2. The van der Waals surface area contributed by atoms with Crippen LogP contribution >= 0.6 is 11.8 Å². The topological polar surface area (TPSA) is 76.7 Å². The van der Waals surface area contributed by atoms with Crippen LogP contribution in [0.2, 0.25) is 0 Å². The van der Waals surface area contributed by atoms with Gasteiger partial charge in [0.1, 0.15) is 5.54 Å². The van der Waals surface area contributed by atoms with E-state index in [0.29, 0.717) is 17.9 Å². The lowest BCUT2D eigenvalue weighted by molar-refractivity contribution is -0.124. The van der Waals surface area contributed by atoms with Gasteiger partial charge in [-0.25, -0.2) is 4.79 Å². The number of ether oxygens (including phenoxy) is 2. The predicted molar refractivity (Wildman–Crippen MR) is 66.3 cm³/mol. The predicted octanol–water partition coefficient (Wildman–Crippen LogP) is 0.946. The molecular formula is C12H10N2O4S. The van der Waals surface area contributed by atoms with E-state index in [-0.39, 0.29) is 12.7 Å². The second-order valence-corrected chi connectivity index (χ2v) is 5.75. The zero-order valence-electron chi connectivity index (χ0n) is 9.82. The van der Waals surface area contributed by atoms with Crippen molar-refractivity contribution in [1.82, 2.24) is 10.6 Å². The van der Waals surface area contributed by atoms with Gasteiger partial charge in [0.05, 0.1) is 0 Å². The largest absolute Gasteiger partial charge is 0.454 e. The highest BCUT2D eigenvalue weighted by Gasteiger charge is 2.50. The average molecular weight is 278 g/mol. The second kappa shape index (κ2) is 3.57. The van der Waals surface area contributed by atoms with Crippen molar-refractivity contribution in [3.05, 3.63) is 17.7 Å². The van der Waals surface area contributed by atoms with Crippen molar-refractivity contribution in [2.75, 3.05) is 12.5 Å². The fourth-order valence-electron chi connectivity index (χ4n) is 2.68. The highest BCUT2D eigenvalue weighted by molar-refractivity contribution is 7.99. The summed E-state index contributed by atoms with van der Waals surface area (Å²) in [5, 5.41) is 5.07. The number of hydrogen-bond donors (Lipinski definition) is 2. The Hall–Kier alpha value is -1.89. The number of fused-ring (bicyclic) bond motifs is 3. The van der Waals surface area contributed by atoms with E-state index in [9.17, 15) is 9.59 Å². The van der Waals surface area contributed by atoms with E-state index in [2.05, 4.69) is 10.6 Å². The number of hydrogen-bond acceptors (Lipinski definition) is 5. The van der Waals surface area contributed by atoms with Crippen molar-refractivity contribution < 1.29 is 19.1 Å². The molecule has 3 aliphatic heterocycles. The first-order valence-corrected chi connectivity index (χ1v) is 6.88. The van der Waals surface area contributed by atoms with Crippen LogP contribution < -0.4 is 20.1 Å². The van der Waals surface area contributed by atoms with Gasteiger partial charge in [0.25, 0.3) is 5.91 Å². The molecule has 1 fully saturated rings. The number of rotatable bonds is 0. The van der Waals surface area contributed by atoms with Crippen LogP contribution in [0.4, 0.5) is 4.79 Å². The average Bonchev–Trinajstić information content (AvgIpc) is 2.93. The number of thioether (sulfide) groups is 1. The van der Waals surface area contributed by atoms with Gasteiger partial charge < -0.3 is 14.8 Å². The Labute approximate surface area is 112 Å². The lowest BCUT2D eigenvalue weighted by Gasteiger charge is -2.32. The Kier molecular flexibility index (Phi) is 2.06. The van der Waals surface area contributed by atoms with Crippen LogP contribution in [0.1, 0.15) is 12.0 Å². The molecule has 1 unspecified atom stereocenters. The molecule has 6 nitrogen and oxygen atoms in total. The molecule has 1 atom stereocenters. The molecule has 1 spiro atoms. The molecule has 2 N–H and O–H groups in total. The number of urea groups is 1. The van der Waals surface area contributed by atoms with E-state index in [1.165, 1.54) is 0 Å². The molecule has 98 valence electrons. The van der Waals surface area contributed by atoms with Gasteiger partial charge in [-0.05, 0) is 18.6 Å². The van der Waals surface area contributed by atoms with Gasteiger partial charge in [-0.3, -0.25) is 10.1 Å². The molecule has 19 heavy (non-hydrogen) atoms. The van der Waals surface area contributed by atoms with E-state index in [0.717, 1.165) is 16.2 Å². The summed E-state index contributed by atoms with van der Waals surface area (Å²) in [5.41, 5.74) is -0.171. The molecule has 0 aliphatic carbocycles. The molecule has 3 heterocycles. The van der Waals surface area contributed by atoms with E-state index in [1.54, 1.807) is 17.8 Å². The zero-order valence-corrected chi connectivity index (χ0v) is 10.6. The number of imide groups is 1. The van der Waals surface area contributed by atoms with Crippen molar-refractivity contribution in [3.8, 4) is 11.5 Å². The Morgan fingerprint density at radius 1 is 1.21 bits per heavy atom. The van der Waals surface area contributed by atoms with Gasteiger partial charge in [-0.15, -0.1) is 11.8 Å². The summed E-state index contributed by atoms with van der Waals surface area (Å²) in [6.45, 7) is 0.189. The Balaban J connectivity index is 1.91. The molecule has 1 aromatic rings. The summed E-state index contributed by atoms with van der Waals surface area (Å²) < 4.78 is 10.7. The third-order valence-corrected chi connectivity index (χ3v) is 4.67. The fraction of sp³-hybridized carbons (Fsp3) is 0.333. The minimum absolute atomic E-state index is 0.189. The van der Waals surface area contributed by atoms with Crippen LogP contribution in [0.3, 0.4) is 0 Å². The van der Waals surface area contributed by atoms with Crippen LogP contribution in [-0.2, 0) is 10.3 Å². The van der Waals surface area contributed by atoms with Crippen molar-refractivity contribution in [3.63, 3.8) is 0 Å². The van der Waals surface area contributed by atoms with Crippen LogP contribution in [0.5, 0.6) is 11.5 Å². The quantitative estimate of drug-likeness (QED) is 0.691. The van der Waals surface area contributed by atoms with Gasteiger partial charge in [0, 0.05) is 16.2 Å². The summed E-state index contributed by atoms with van der Waals surface area (Å²) >= 11 is 1.65. The number of nitrogens with one attached hydrogen (secondary N) is 2. The normalized spacial score (nSPS) is 27.2. The van der Waals surface area contributed by atoms with Gasteiger partial charge in [0.2, 0.25) is 6.79 Å². The van der Waals surface area contributed by atoms with Crippen molar-refractivity contribution >= 4 is 23.7 Å². The monoisotopic (exact) mass is 278 g/mol. The molecule has 0 aromatic heterocycles. The summed E-state index contributed by atoms with van der Waals surface area (Å²) in [5.74, 6) is 1.78. The minimum Gasteiger partial charge on any atom is -0.454 e. The maximum Gasteiger partial charge on any atom is 0.322 e. The van der Waals surface area contributed by atoms with Crippen LogP contribution in [-0.4, -0.2) is 24.5 Å². The molecule has 0 bridgehead atoms. The minimum atomic E-state index is -0.960. The molecule has 0 radical (unpaired) electrons. The third kappa shape index (κ3) is 1.39. The highest BCUT2D eigenvalue weighted by atomic mass is 32.2. The molecule has 0 saturated carbocycles. The Morgan fingerprint density at radius 2 is 2.00 bits per heavy atom. The third-order valence-electron chi connectivity index (χ3n) is 3.61. The Bertz CT molecular complexity index is 618. The Morgan fingerprint density at radius 3 is 2.74 bits per heavy atom. The van der Waals surface area contributed by atoms with Crippen LogP contribution in [0.25, 0.3) is 0 Å². The van der Waals surface area contributed by atoms with Gasteiger partial charge in [0.15, 0.2) is 11.5 Å². The first-order chi connectivity index (χ1) is 9.19. The van der Waals surface area contributed by atoms with E-state index < -0.39 is 11.6 Å². The van der Waals surface area contributed by atoms with Gasteiger partial charge >= 0.3 is 6.03 Å². The van der Waals surface area contributed by atoms with Crippen LogP contribution in [0.15, 0.2) is 17.0 Å². The summed E-state index contributed by atoms with van der Waals surface area (Å²) in [6, 6.07) is 3.23. The molecule has 3 amide bonds. The van der Waals surface area contributed by atoms with E-state index in [4.69, 9.17) is 9.47 Å². The summed E-state index contributed by atoms with van der Waals surface area (Å²) in [4.78, 5) is 24.6. The SMILES string of the molecule is O=C1NC(=O)C2(CCSc3cc4c(cc32)OCO4)N1. The number of amides is 3. The van der Waals surface area contributed by atoms with E-state index >= 15 is 0 Å². The number of carbonyl (C=O) groups excluding carboxylic acids is 2. The summed E-state index contributed by atoms with van der Waals surface area (Å²) in [6.07, 6.45) is 0.571. The molecule has 1 saturated heterocycles. The second-order valence-electron chi connectivity index (χ2n) is 4.61.